The number of aryl methyl sites for hydroxylation is 2. The Morgan fingerprint density at radius 2 is 2.05 bits per heavy atom. The van der Waals surface area contributed by atoms with Gasteiger partial charge < -0.3 is 4.74 Å². The number of nitrogens with zero attached hydrogens (tertiary/aromatic N) is 4. The van der Waals surface area contributed by atoms with Gasteiger partial charge in [0.05, 0.1) is 12.3 Å². The summed E-state index contributed by atoms with van der Waals surface area (Å²) in [6.07, 6.45) is 1.88. The number of hydrogen-bond acceptors (Lipinski definition) is 4. The molecule has 2 rings (SSSR count). The molecule has 0 atom stereocenters. The van der Waals surface area contributed by atoms with Crippen LogP contribution in [0, 0.1) is 18.3 Å². The average molecular weight is 298 g/mol. The van der Waals surface area contributed by atoms with Crippen LogP contribution in [0.3, 0.4) is 0 Å². The van der Waals surface area contributed by atoms with E-state index in [9.17, 15) is 0 Å². The lowest BCUT2D eigenvalue weighted by Crippen LogP contribution is -2.09. The smallest absolute Gasteiger partial charge is 0.186 e. The van der Waals surface area contributed by atoms with E-state index in [1.807, 2.05) is 35.9 Å². The molecule has 0 saturated heterocycles. The second-order valence-electron chi connectivity index (χ2n) is 5.63. The molecule has 116 valence electrons. The van der Waals surface area contributed by atoms with E-state index in [1.165, 1.54) is 0 Å². The summed E-state index contributed by atoms with van der Waals surface area (Å²) < 4.78 is 7.63. The highest BCUT2D eigenvalue weighted by Crippen LogP contribution is 2.18. The van der Waals surface area contributed by atoms with Gasteiger partial charge in [-0.3, -0.25) is 0 Å². The normalized spacial score (nSPS) is 10.7. The highest BCUT2D eigenvalue weighted by molar-refractivity contribution is 5.31. The minimum absolute atomic E-state index is 0.243. The van der Waals surface area contributed by atoms with Crippen molar-refractivity contribution in [2.75, 3.05) is 6.61 Å². The molecule has 0 unspecified atom stereocenters. The van der Waals surface area contributed by atoms with E-state index in [-0.39, 0.29) is 5.92 Å². The van der Waals surface area contributed by atoms with Crippen molar-refractivity contribution >= 4 is 0 Å². The van der Waals surface area contributed by atoms with Gasteiger partial charge in [0.1, 0.15) is 11.8 Å². The molecule has 0 spiro atoms. The SMILES string of the molecule is Cc1ccccc1OCCCCn1nnc(C#N)c1C(C)C. The van der Waals surface area contributed by atoms with E-state index in [2.05, 4.69) is 30.2 Å². The number of para-hydroxylation sites is 1. The van der Waals surface area contributed by atoms with Crippen molar-refractivity contribution in [3.63, 3.8) is 0 Å². The van der Waals surface area contributed by atoms with Crippen LogP contribution in [-0.2, 0) is 6.54 Å². The van der Waals surface area contributed by atoms with E-state index in [0.717, 1.165) is 36.4 Å². The molecule has 0 saturated carbocycles. The summed E-state index contributed by atoms with van der Waals surface area (Å²) in [7, 11) is 0. The Morgan fingerprint density at radius 3 is 2.73 bits per heavy atom. The van der Waals surface area contributed by atoms with Crippen LogP contribution in [0.1, 0.15) is 49.6 Å². The zero-order valence-corrected chi connectivity index (χ0v) is 13.4. The number of ether oxygens (including phenoxy) is 1. The topological polar surface area (TPSA) is 63.7 Å². The van der Waals surface area contributed by atoms with Crippen LogP contribution >= 0.6 is 0 Å². The van der Waals surface area contributed by atoms with Gasteiger partial charge in [-0.1, -0.05) is 37.3 Å². The van der Waals surface area contributed by atoms with E-state index in [0.29, 0.717) is 12.3 Å². The largest absolute Gasteiger partial charge is 0.493 e. The van der Waals surface area contributed by atoms with E-state index >= 15 is 0 Å². The van der Waals surface area contributed by atoms with Crippen LogP contribution in [0.25, 0.3) is 0 Å². The summed E-state index contributed by atoms with van der Waals surface area (Å²) in [4.78, 5) is 0. The molecule has 0 aliphatic heterocycles. The lowest BCUT2D eigenvalue weighted by atomic mass is 10.1. The molecule has 0 aliphatic rings. The van der Waals surface area contributed by atoms with Crippen molar-refractivity contribution in [2.45, 2.75) is 46.1 Å². The van der Waals surface area contributed by atoms with Gasteiger partial charge in [0.25, 0.3) is 0 Å². The standard InChI is InChI=1S/C17H22N4O/c1-13(2)17-15(12-18)19-20-21(17)10-6-7-11-22-16-9-5-4-8-14(16)3/h4-5,8-9,13H,6-7,10-11H2,1-3H3. The molecule has 0 aliphatic carbocycles. The predicted octanol–water partition coefficient (Wildman–Crippen LogP) is 3.44. The maximum absolute atomic E-state index is 9.06. The first-order valence-corrected chi connectivity index (χ1v) is 7.65. The monoisotopic (exact) mass is 298 g/mol. The lowest BCUT2D eigenvalue weighted by Gasteiger charge is -2.10. The van der Waals surface area contributed by atoms with Gasteiger partial charge in [0, 0.05) is 6.54 Å². The van der Waals surface area contributed by atoms with E-state index in [4.69, 9.17) is 10.00 Å². The predicted molar refractivity (Wildman–Crippen MR) is 84.7 cm³/mol. The van der Waals surface area contributed by atoms with Crippen molar-refractivity contribution in [1.29, 1.82) is 5.26 Å². The molecule has 5 heteroatoms. The molecule has 0 fully saturated rings. The molecule has 5 nitrogen and oxygen atoms in total. The number of benzene rings is 1. The fourth-order valence-corrected chi connectivity index (χ4v) is 2.40. The Hall–Kier alpha value is -2.35. The number of aromatic nitrogens is 3. The van der Waals surface area contributed by atoms with Gasteiger partial charge in [-0.05, 0) is 37.3 Å². The third-order valence-electron chi connectivity index (χ3n) is 3.54. The highest BCUT2D eigenvalue weighted by atomic mass is 16.5. The molecule has 0 amide bonds. The minimum Gasteiger partial charge on any atom is -0.493 e. The third-order valence-corrected chi connectivity index (χ3v) is 3.54. The number of hydrogen-bond donors (Lipinski definition) is 0. The average Bonchev–Trinajstić information content (AvgIpc) is 2.92. The van der Waals surface area contributed by atoms with Crippen LogP contribution in [0.15, 0.2) is 24.3 Å². The summed E-state index contributed by atoms with van der Waals surface area (Å²) in [6.45, 7) is 7.60. The fourth-order valence-electron chi connectivity index (χ4n) is 2.40. The van der Waals surface area contributed by atoms with Crippen LogP contribution < -0.4 is 4.74 Å². The number of nitriles is 1. The Bertz CT molecular complexity index is 655. The molecule has 1 aromatic heterocycles. The first kappa shape index (κ1) is 16.0. The van der Waals surface area contributed by atoms with Gasteiger partial charge in [0.15, 0.2) is 5.69 Å². The van der Waals surface area contributed by atoms with Crippen LogP contribution in [0.2, 0.25) is 0 Å². The zero-order valence-electron chi connectivity index (χ0n) is 13.4. The fraction of sp³-hybridized carbons (Fsp3) is 0.471. The van der Waals surface area contributed by atoms with Gasteiger partial charge in [-0.25, -0.2) is 4.68 Å². The van der Waals surface area contributed by atoms with Crippen LogP contribution in [0.4, 0.5) is 0 Å². The summed E-state index contributed by atoms with van der Waals surface area (Å²) >= 11 is 0. The Kier molecular flexibility index (Phi) is 5.54. The molecular formula is C17H22N4O. The summed E-state index contributed by atoms with van der Waals surface area (Å²) in [5.41, 5.74) is 2.51. The molecule has 0 radical (unpaired) electrons. The quantitative estimate of drug-likeness (QED) is 0.734. The van der Waals surface area contributed by atoms with Crippen LogP contribution in [0.5, 0.6) is 5.75 Å². The molecule has 22 heavy (non-hydrogen) atoms. The first-order valence-electron chi connectivity index (χ1n) is 7.65. The van der Waals surface area contributed by atoms with Crippen molar-refractivity contribution in [3.05, 3.63) is 41.2 Å². The number of unbranched alkanes of at least 4 members (excludes halogenated alkanes) is 1. The first-order chi connectivity index (χ1) is 10.6. The number of rotatable bonds is 7. The molecular weight excluding hydrogens is 276 g/mol. The van der Waals surface area contributed by atoms with Gasteiger partial charge >= 0.3 is 0 Å². The van der Waals surface area contributed by atoms with Crippen LogP contribution in [-0.4, -0.2) is 21.6 Å². The molecule has 1 aromatic carbocycles. The highest BCUT2D eigenvalue weighted by Gasteiger charge is 2.15. The van der Waals surface area contributed by atoms with Gasteiger partial charge in [0.2, 0.25) is 0 Å². The lowest BCUT2D eigenvalue weighted by molar-refractivity contribution is 0.299. The molecule has 1 heterocycles. The Labute approximate surface area is 131 Å². The minimum atomic E-state index is 0.243. The van der Waals surface area contributed by atoms with Crippen molar-refractivity contribution in [3.8, 4) is 11.8 Å². The molecule has 0 bridgehead atoms. The summed E-state index contributed by atoms with van der Waals surface area (Å²) in [5.74, 6) is 1.19. The Morgan fingerprint density at radius 1 is 1.27 bits per heavy atom. The van der Waals surface area contributed by atoms with Gasteiger partial charge in [-0.2, -0.15) is 5.26 Å². The maximum Gasteiger partial charge on any atom is 0.186 e. The van der Waals surface area contributed by atoms with Crippen molar-refractivity contribution in [1.82, 2.24) is 15.0 Å². The van der Waals surface area contributed by atoms with E-state index < -0.39 is 0 Å². The van der Waals surface area contributed by atoms with Crippen molar-refractivity contribution in [2.24, 2.45) is 0 Å². The summed E-state index contributed by atoms with van der Waals surface area (Å²) in [5, 5.41) is 17.1. The zero-order chi connectivity index (χ0) is 15.9. The van der Waals surface area contributed by atoms with Gasteiger partial charge in [-0.15, -0.1) is 5.10 Å². The third kappa shape index (κ3) is 3.85. The van der Waals surface area contributed by atoms with Crippen molar-refractivity contribution < 1.29 is 4.74 Å². The maximum atomic E-state index is 9.06. The second kappa shape index (κ2) is 7.60. The summed E-state index contributed by atoms with van der Waals surface area (Å²) in [6, 6.07) is 10.1. The molecule has 2 aromatic rings. The Balaban J connectivity index is 1.81. The molecule has 0 N–H and O–H groups in total. The van der Waals surface area contributed by atoms with E-state index in [1.54, 1.807) is 0 Å². The second-order valence-corrected chi connectivity index (χ2v) is 5.63.